The first-order valence-electron chi connectivity index (χ1n) is 6.52. The molecule has 2 rings (SSSR count). The van der Waals surface area contributed by atoms with E-state index in [0.29, 0.717) is 12.8 Å². The molecule has 0 aromatic rings. The van der Waals surface area contributed by atoms with Gasteiger partial charge >= 0.3 is 12.0 Å². The average molecular weight is 283 g/mol. The summed E-state index contributed by atoms with van der Waals surface area (Å²) in [6.45, 7) is 0.856. The highest BCUT2D eigenvalue weighted by atomic mass is 16.4. The topological polar surface area (TPSA) is 116 Å². The first-order valence-corrected chi connectivity index (χ1v) is 6.52. The van der Waals surface area contributed by atoms with Gasteiger partial charge in [-0.2, -0.15) is 0 Å². The van der Waals surface area contributed by atoms with E-state index in [4.69, 9.17) is 5.11 Å². The zero-order valence-corrected chi connectivity index (χ0v) is 11.1. The molecule has 2 aliphatic rings. The van der Waals surface area contributed by atoms with Gasteiger partial charge in [-0.25, -0.2) is 4.79 Å². The number of nitrogens with zero attached hydrogens (tertiary/aromatic N) is 1. The summed E-state index contributed by atoms with van der Waals surface area (Å²) in [7, 11) is 0. The second-order valence-electron chi connectivity index (χ2n) is 5.24. The Morgan fingerprint density at radius 2 is 2.00 bits per heavy atom. The lowest BCUT2D eigenvalue weighted by Gasteiger charge is -2.20. The first kappa shape index (κ1) is 14.3. The van der Waals surface area contributed by atoms with Crippen molar-refractivity contribution in [1.82, 2.24) is 15.5 Å². The molecular weight excluding hydrogens is 266 g/mol. The quantitative estimate of drug-likeness (QED) is 0.598. The van der Waals surface area contributed by atoms with Gasteiger partial charge < -0.3 is 15.7 Å². The van der Waals surface area contributed by atoms with Gasteiger partial charge in [0, 0.05) is 0 Å². The van der Waals surface area contributed by atoms with Crippen LogP contribution >= 0.6 is 0 Å². The van der Waals surface area contributed by atoms with E-state index in [0.717, 1.165) is 17.7 Å². The fourth-order valence-corrected chi connectivity index (χ4v) is 2.63. The maximum atomic E-state index is 12.2. The molecule has 0 aromatic heterocycles. The number of carbonyl (C=O) groups is 4. The van der Waals surface area contributed by atoms with E-state index in [1.807, 2.05) is 0 Å². The molecule has 1 aliphatic heterocycles. The zero-order chi connectivity index (χ0) is 14.9. The number of imide groups is 1. The Morgan fingerprint density at radius 1 is 1.40 bits per heavy atom. The van der Waals surface area contributed by atoms with Crippen molar-refractivity contribution in [3.63, 3.8) is 0 Å². The molecule has 1 atom stereocenters. The maximum absolute atomic E-state index is 12.2. The maximum Gasteiger partial charge on any atom is 0.325 e. The molecule has 0 unspecified atom stereocenters. The molecular formula is C12H17N3O5. The molecule has 110 valence electrons. The van der Waals surface area contributed by atoms with Gasteiger partial charge in [0.15, 0.2) is 0 Å². The summed E-state index contributed by atoms with van der Waals surface area (Å²) in [5, 5.41) is 13.6. The van der Waals surface area contributed by atoms with E-state index in [1.165, 1.54) is 6.92 Å². The molecule has 3 N–H and O–H groups in total. The van der Waals surface area contributed by atoms with Crippen molar-refractivity contribution in [3.8, 4) is 0 Å². The molecule has 1 heterocycles. The molecule has 8 heteroatoms. The summed E-state index contributed by atoms with van der Waals surface area (Å²) in [6, 6.07) is -1.65. The van der Waals surface area contributed by atoms with Crippen LogP contribution in [0.1, 0.15) is 32.6 Å². The van der Waals surface area contributed by atoms with Crippen LogP contribution in [0.3, 0.4) is 0 Å². The predicted molar refractivity (Wildman–Crippen MR) is 66.7 cm³/mol. The molecule has 0 radical (unpaired) electrons. The molecule has 4 amide bonds. The Kier molecular flexibility index (Phi) is 3.65. The highest BCUT2D eigenvalue weighted by Gasteiger charge is 2.52. The van der Waals surface area contributed by atoms with Gasteiger partial charge in [0.25, 0.3) is 5.91 Å². The normalized spacial score (nSPS) is 21.9. The van der Waals surface area contributed by atoms with Crippen molar-refractivity contribution in [2.45, 2.75) is 44.2 Å². The van der Waals surface area contributed by atoms with Gasteiger partial charge in [-0.15, -0.1) is 0 Å². The van der Waals surface area contributed by atoms with Crippen LogP contribution in [0.4, 0.5) is 4.79 Å². The fraction of sp³-hybridized carbons (Fsp3) is 0.667. The summed E-state index contributed by atoms with van der Waals surface area (Å²) >= 11 is 0. The highest BCUT2D eigenvalue weighted by Crippen LogP contribution is 2.34. The van der Waals surface area contributed by atoms with Crippen LogP contribution in [0.25, 0.3) is 0 Å². The van der Waals surface area contributed by atoms with Crippen molar-refractivity contribution >= 4 is 23.8 Å². The number of carbonyl (C=O) groups excluding carboxylic acids is 3. The van der Waals surface area contributed by atoms with Crippen molar-refractivity contribution in [1.29, 1.82) is 0 Å². The minimum Gasteiger partial charge on any atom is -0.480 e. The summed E-state index contributed by atoms with van der Waals surface area (Å²) in [4.78, 5) is 47.2. The number of urea groups is 1. The number of rotatable bonds is 4. The molecule has 1 spiro atoms. The molecule has 20 heavy (non-hydrogen) atoms. The predicted octanol–water partition coefficient (Wildman–Crippen LogP) is -0.560. The Hall–Kier alpha value is -2.12. The number of nitrogens with one attached hydrogen (secondary N) is 2. The Labute approximate surface area is 115 Å². The third-order valence-electron chi connectivity index (χ3n) is 3.75. The SMILES string of the molecule is C[C@H](NC(=O)CN1C(=O)NC2(CCCC2)C1=O)C(=O)O. The summed E-state index contributed by atoms with van der Waals surface area (Å²) < 4.78 is 0. The highest BCUT2D eigenvalue weighted by molar-refractivity contribution is 6.09. The van der Waals surface area contributed by atoms with Gasteiger partial charge in [0.2, 0.25) is 5.91 Å². The zero-order valence-electron chi connectivity index (χ0n) is 11.1. The molecule has 8 nitrogen and oxygen atoms in total. The largest absolute Gasteiger partial charge is 0.480 e. The van der Waals surface area contributed by atoms with Gasteiger partial charge in [-0.3, -0.25) is 19.3 Å². The van der Waals surface area contributed by atoms with E-state index in [2.05, 4.69) is 10.6 Å². The lowest BCUT2D eigenvalue weighted by Crippen LogP contribution is -2.47. The van der Waals surface area contributed by atoms with Gasteiger partial charge in [0.05, 0.1) is 0 Å². The fourth-order valence-electron chi connectivity index (χ4n) is 2.63. The van der Waals surface area contributed by atoms with E-state index in [1.54, 1.807) is 0 Å². The minimum absolute atomic E-state index is 0.391. The number of hydrogen-bond donors (Lipinski definition) is 3. The number of amides is 4. The third-order valence-corrected chi connectivity index (χ3v) is 3.75. The monoisotopic (exact) mass is 283 g/mol. The van der Waals surface area contributed by atoms with Crippen LogP contribution in [0, 0.1) is 0 Å². The van der Waals surface area contributed by atoms with E-state index in [-0.39, 0.29) is 0 Å². The average Bonchev–Trinajstić information content (AvgIpc) is 2.91. The van der Waals surface area contributed by atoms with Crippen molar-refractivity contribution in [2.75, 3.05) is 6.54 Å². The third kappa shape index (κ3) is 2.45. The van der Waals surface area contributed by atoms with Crippen LogP contribution in [0.2, 0.25) is 0 Å². The smallest absolute Gasteiger partial charge is 0.325 e. The van der Waals surface area contributed by atoms with Crippen molar-refractivity contribution in [3.05, 3.63) is 0 Å². The number of aliphatic carboxylic acids is 1. The van der Waals surface area contributed by atoms with E-state index in [9.17, 15) is 19.2 Å². The van der Waals surface area contributed by atoms with Crippen LogP contribution in [-0.4, -0.2) is 51.9 Å². The number of hydrogen-bond acceptors (Lipinski definition) is 4. The first-order chi connectivity index (χ1) is 9.35. The molecule has 1 saturated carbocycles. The second-order valence-corrected chi connectivity index (χ2v) is 5.24. The van der Waals surface area contributed by atoms with E-state index >= 15 is 0 Å². The molecule has 1 aliphatic carbocycles. The lowest BCUT2D eigenvalue weighted by molar-refractivity contribution is -0.141. The lowest BCUT2D eigenvalue weighted by atomic mass is 9.98. The molecule has 1 saturated heterocycles. The van der Waals surface area contributed by atoms with Crippen LogP contribution in [0.15, 0.2) is 0 Å². The van der Waals surface area contributed by atoms with Crippen LogP contribution < -0.4 is 10.6 Å². The minimum atomic E-state index is -1.18. The molecule has 0 bridgehead atoms. The second kappa shape index (κ2) is 5.10. The van der Waals surface area contributed by atoms with Gasteiger partial charge in [-0.1, -0.05) is 12.8 Å². The van der Waals surface area contributed by atoms with Crippen molar-refractivity contribution < 1.29 is 24.3 Å². The summed E-state index contributed by atoms with van der Waals surface area (Å²) in [5.74, 6) is -2.24. The standard InChI is InChI=1S/C12H17N3O5/c1-7(9(17)18)13-8(16)6-15-10(19)12(14-11(15)20)4-2-3-5-12/h7H,2-6H2,1H3,(H,13,16)(H,14,20)(H,17,18)/t7-/m0/s1. The van der Waals surface area contributed by atoms with Crippen LogP contribution in [-0.2, 0) is 14.4 Å². The molecule has 0 aromatic carbocycles. The van der Waals surface area contributed by atoms with Gasteiger partial charge in [-0.05, 0) is 19.8 Å². The number of carboxylic acids is 1. The number of carboxylic acid groups (broad SMARTS) is 1. The Bertz CT molecular complexity index is 470. The Balaban J connectivity index is 1.99. The molecule has 2 fully saturated rings. The Morgan fingerprint density at radius 3 is 2.55 bits per heavy atom. The summed E-state index contributed by atoms with van der Waals surface area (Å²) in [6.07, 6.45) is 2.90. The van der Waals surface area contributed by atoms with Crippen LogP contribution in [0.5, 0.6) is 0 Å². The summed E-state index contributed by atoms with van der Waals surface area (Å²) in [5.41, 5.74) is -0.851. The van der Waals surface area contributed by atoms with Crippen molar-refractivity contribution in [2.24, 2.45) is 0 Å². The van der Waals surface area contributed by atoms with Gasteiger partial charge in [0.1, 0.15) is 18.1 Å². The van der Waals surface area contributed by atoms with E-state index < -0.39 is 41.9 Å².